The summed E-state index contributed by atoms with van der Waals surface area (Å²) in [4.78, 5) is 20.5. The number of rotatable bonds is 3. The molecule has 2 rings (SSSR count). The second-order valence-electron chi connectivity index (χ2n) is 6.08. The number of carbonyl (C=O) groups is 1. The van der Waals surface area contributed by atoms with Crippen LogP contribution >= 0.6 is 0 Å². The van der Waals surface area contributed by atoms with Gasteiger partial charge in [0.05, 0.1) is 17.9 Å². The van der Waals surface area contributed by atoms with E-state index in [-0.39, 0.29) is 11.3 Å². The third kappa shape index (κ3) is 3.46. The number of carbonyl (C=O) groups excluding carboxylic acids is 1. The first-order chi connectivity index (χ1) is 9.79. The van der Waals surface area contributed by atoms with Crippen LogP contribution in [-0.2, 0) is 4.79 Å². The summed E-state index contributed by atoms with van der Waals surface area (Å²) in [7, 11) is 0. The van der Waals surface area contributed by atoms with Crippen molar-refractivity contribution in [2.45, 2.75) is 33.7 Å². The van der Waals surface area contributed by atoms with E-state index in [0.717, 1.165) is 11.6 Å². The molecular formula is C15H21N5O. The van der Waals surface area contributed by atoms with Gasteiger partial charge in [-0.3, -0.25) is 9.36 Å². The first-order valence-electron chi connectivity index (χ1n) is 6.82. The Kier molecular flexibility index (Phi) is 4.09. The van der Waals surface area contributed by atoms with Gasteiger partial charge in [0.15, 0.2) is 0 Å². The van der Waals surface area contributed by atoms with Crippen molar-refractivity contribution in [3.8, 4) is 5.82 Å². The molecule has 2 aromatic rings. The second-order valence-corrected chi connectivity index (χ2v) is 6.08. The molecular weight excluding hydrogens is 266 g/mol. The molecule has 0 aliphatic rings. The molecule has 6 heteroatoms. The molecule has 2 aromatic heterocycles. The maximum Gasteiger partial charge on any atom is 0.241 e. The number of anilines is 1. The largest absolute Gasteiger partial charge is 0.323 e. The van der Waals surface area contributed by atoms with E-state index in [1.807, 2.05) is 44.5 Å². The summed E-state index contributed by atoms with van der Waals surface area (Å²) in [6, 6.07) is 3.05. The van der Waals surface area contributed by atoms with Gasteiger partial charge in [-0.05, 0) is 24.5 Å². The van der Waals surface area contributed by atoms with Crippen LogP contribution < -0.4 is 11.1 Å². The van der Waals surface area contributed by atoms with Crippen LogP contribution in [0.25, 0.3) is 5.82 Å². The number of nitrogens with two attached hydrogens (primary N) is 1. The third-order valence-corrected chi connectivity index (χ3v) is 3.30. The molecule has 0 saturated carbocycles. The maximum absolute atomic E-state index is 12.0. The van der Waals surface area contributed by atoms with Crippen molar-refractivity contribution in [2.24, 2.45) is 11.1 Å². The minimum atomic E-state index is -0.576. The third-order valence-electron chi connectivity index (χ3n) is 3.30. The first-order valence-corrected chi connectivity index (χ1v) is 6.82. The predicted molar refractivity (Wildman–Crippen MR) is 82.2 cm³/mol. The van der Waals surface area contributed by atoms with Gasteiger partial charge >= 0.3 is 0 Å². The number of hydrogen-bond acceptors (Lipinski definition) is 4. The topological polar surface area (TPSA) is 85.8 Å². The molecule has 0 radical (unpaired) electrons. The highest BCUT2D eigenvalue weighted by Gasteiger charge is 2.27. The van der Waals surface area contributed by atoms with Crippen LogP contribution in [0, 0.1) is 12.3 Å². The highest BCUT2D eigenvalue weighted by molar-refractivity contribution is 5.95. The van der Waals surface area contributed by atoms with Gasteiger partial charge in [0, 0.05) is 12.4 Å². The molecule has 21 heavy (non-hydrogen) atoms. The smallest absolute Gasteiger partial charge is 0.241 e. The van der Waals surface area contributed by atoms with E-state index in [0.29, 0.717) is 5.69 Å². The summed E-state index contributed by atoms with van der Waals surface area (Å²) in [6.07, 6.45) is 5.17. The SMILES string of the molecule is Cc1nccn1-c1ccc(NC(=O)[C@H](N)C(C)(C)C)cn1. The van der Waals surface area contributed by atoms with Crippen LogP contribution in [0.5, 0.6) is 0 Å². The number of amides is 1. The Hall–Kier alpha value is -2.21. The number of pyridine rings is 1. The van der Waals surface area contributed by atoms with Crippen molar-refractivity contribution in [1.29, 1.82) is 0 Å². The van der Waals surface area contributed by atoms with Gasteiger partial charge in [-0.15, -0.1) is 0 Å². The number of aromatic nitrogens is 3. The fraction of sp³-hybridized carbons (Fsp3) is 0.400. The van der Waals surface area contributed by atoms with Gasteiger partial charge in [0.1, 0.15) is 11.6 Å². The van der Waals surface area contributed by atoms with Gasteiger partial charge in [-0.25, -0.2) is 9.97 Å². The maximum atomic E-state index is 12.0. The fourth-order valence-corrected chi connectivity index (χ4v) is 1.84. The molecule has 0 bridgehead atoms. The average Bonchev–Trinajstić information content (AvgIpc) is 2.84. The summed E-state index contributed by atoms with van der Waals surface area (Å²) >= 11 is 0. The lowest BCUT2D eigenvalue weighted by Gasteiger charge is -2.25. The number of nitrogens with zero attached hydrogens (tertiary/aromatic N) is 3. The van der Waals surface area contributed by atoms with E-state index in [4.69, 9.17) is 5.73 Å². The van der Waals surface area contributed by atoms with Gasteiger partial charge in [-0.2, -0.15) is 0 Å². The molecule has 112 valence electrons. The molecule has 0 saturated heterocycles. The van der Waals surface area contributed by atoms with Crippen LogP contribution in [0.4, 0.5) is 5.69 Å². The Morgan fingerprint density at radius 2 is 2.05 bits per heavy atom. The second kappa shape index (κ2) is 5.65. The summed E-state index contributed by atoms with van der Waals surface area (Å²) in [5, 5.41) is 2.78. The molecule has 0 unspecified atom stereocenters. The number of nitrogens with one attached hydrogen (secondary N) is 1. The zero-order valence-electron chi connectivity index (χ0n) is 12.8. The lowest BCUT2D eigenvalue weighted by atomic mass is 9.87. The van der Waals surface area contributed by atoms with Crippen molar-refractivity contribution in [3.63, 3.8) is 0 Å². The first kappa shape index (κ1) is 15.2. The van der Waals surface area contributed by atoms with E-state index in [2.05, 4.69) is 15.3 Å². The van der Waals surface area contributed by atoms with Gasteiger partial charge in [0.2, 0.25) is 5.91 Å². The lowest BCUT2D eigenvalue weighted by molar-refractivity contribution is -0.119. The Labute approximate surface area is 124 Å². The molecule has 0 fully saturated rings. The standard InChI is InChI=1S/C15H21N5O/c1-10-17-7-8-20(10)12-6-5-11(9-18-12)19-14(21)13(16)15(2,3)4/h5-9,13H,16H2,1-4H3,(H,19,21)/t13-/m0/s1. The average molecular weight is 287 g/mol. The Balaban J connectivity index is 2.10. The molecule has 0 spiro atoms. The number of hydrogen-bond donors (Lipinski definition) is 2. The minimum absolute atomic E-state index is 0.212. The molecule has 0 aliphatic heterocycles. The van der Waals surface area contributed by atoms with Crippen LogP contribution in [0.15, 0.2) is 30.7 Å². The molecule has 0 aromatic carbocycles. The Morgan fingerprint density at radius 1 is 1.33 bits per heavy atom. The molecule has 2 heterocycles. The van der Waals surface area contributed by atoms with E-state index >= 15 is 0 Å². The summed E-state index contributed by atoms with van der Waals surface area (Å²) in [5.74, 6) is 1.40. The van der Waals surface area contributed by atoms with Gasteiger partial charge in [-0.1, -0.05) is 20.8 Å². The Morgan fingerprint density at radius 3 is 2.52 bits per heavy atom. The zero-order valence-corrected chi connectivity index (χ0v) is 12.8. The number of aryl methyl sites for hydroxylation is 1. The van der Waals surface area contributed by atoms with Crippen LogP contribution in [0.3, 0.4) is 0 Å². The number of imidazole rings is 1. The lowest BCUT2D eigenvalue weighted by Crippen LogP contribution is -2.45. The van der Waals surface area contributed by atoms with E-state index in [1.165, 1.54) is 0 Å². The Bertz CT molecular complexity index is 624. The van der Waals surface area contributed by atoms with Crippen molar-refractivity contribution in [3.05, 3.63) is 36.5 Å². The van der Waals surface area contributed by atoms with Crippen LogP contribution in [-0.4, -0.2) is 26.5 Å². The molecule has 3 N–H and O–H groups in total. The molecule has 6 nitrogen and oxygen atoms in total. The fourth-order valence-electron chi connectivity index (χ4n) is 1.84. The highest BCUT2D eigenvalue weighted by atomic mass is 16.2. The summed E-state index contributed by atoms with van der Waals surface area (Å²) < 4.78 is 1.87. The molecule has 0 aliphatic carbocycles. The van der Waals surface area contributed by atoms with E-state index in [1.54, 1.807) is 18.5 Å². The van der Waals surface area contributed by atoms with E-state index < -0.39 is 6.04 Å². The van der Waals surface area contributed by atoms with Crippen molar-refractivity contribution in [2.75, 3.05) is 5.32 Å². The normalized spacial score (nSPS) is 13.0. The van der Waals surface area contributed by atoms with Gasteiger partial charge < -0.3 is 11.1 Å². The monoisotopic (exact) mass is 287 g/mol. The van der Waals surface area contributed by atoms with Crippen molar-refractivity contribution < 1.29 is 4.79 Å². The summed E-state index contributed by atoms with van der Waals surface area (Å²) in [5.41, 5.74) is 6.26. The van der Waals surface area contributed by atoms with Crippen molar-refractivity contribution in [1.82, 2.24) is 14.5 Å². The predicted octanol–water partition coefficient (Wildman–Crippen LogP) is 1.89. The highest BCUT2D eigenvalue weighted by Crippen LogP contribution is 2.19. The minimum Gasteiger partial charge on any atom is -0.323 e. The summed E-state index contributed by atoms with van der Waals surface area (Å²) in [6.45, 7) is 7.70. The van der Waals surface area contributed by atoms with Crippen LogP contribution in [0.1, 0.15) is 26.6 Å². The van der Waals surface area contributed by atoms with E-state index in [9.17, 15) is 4.79 Å². The molecule has 1 amide bonds. The quantitative estimate of drug-likeness (QED) is 0.902. The molecule has 1 atom stereocenters. The van der Waals surface area contributed by atoms with Crippen molar-refractivity contribution >= 4 is 11.6 Å². The van der Waals surface area contributed by atoms with Gasteiger partial charge in [0.25, 0.3) is 0 Å². The van der Waals surface area contributed by atoms with Crippen LogP contribution in [0.2, 0.25) is 0 Å². The zero-order chi connectivity index (χ0) is 15.6.